The Hall–Kier alpha value is -3.18. The highest BCUT2D eigenvalue weighted by Crippen LogP contribution is 2.40. The Morgan fingerprint density at radius 2 is 1.37 bits per heavy atom. The zero-order valence-corrected chi connectivity index (χ0v) is 17.7. The molecule has 4 rings (SSSR count). The average molecular weight is 418 g/mol. The molecule has 0 aromatic heterocycles. The molecule has 0 fully saturated rings. The van der Waals surface area contributed by atoms with Crippen molar-refractivity contribution in [3.05, 3.63) is 108 Å². The molecule has 1 amide bonds. The molecule has 0 saturated carbocycles. The van der Waals surface area contributed by atoms with Gasteiger partial charge in [-0.15, -0.1) is 0 Å². The summed E-state index contributed by atoms with van der Waals surface area (Å²) in [6.45, 7) is 3.68. The number of nitrogens with zero attached hydrogens (tertiary/aromatic N) is 1. The first-order valence-electron chi connectivity index (χ1n) is 9.87. The highest BCUT2D eigenvalue weighted by Gasteiger charge is 2.42. The van der Waals surface area contributed by atoms with Gasteiger partial charge < -0.3 is 0 Å². The maximum Gasteiger partial charge on any atom is 0.270 e. The van der Waals surface area contributed by atoms with Gasteiger partial charge in [-0.05, 0) is 30.2 Å². The Bertz CT molecular complexity index is 1180. The lowest BCUT2D eigenvalue weighted by atomic mass is 9.83. The zero-order valence-electron chi connectivity index (χ0n) is 16.9. The minimum Gasteiger partial charge on any atom is -0.273 e. The Balaban J connectivity index is 1.90. The lowest BCUT2D eigenvalue weighted by Gasteiger charge is -2.35. The number of amides is 1. The number of aryl methyl sites for hydroxylation is 1. The van der Waals surface area contributed by atoms with Crippen LogP contribution in [0.25, 0.3) is 5.70 Å². The number of hydrogen-bond acceptors (Lipinski definition) is 3. The summed E-state index contributed by atoms with van der Waals surface area (Å²) in [5.41, 5.74) is 3.02. The number of carbonyl (C=O) groups excluding carboxylic acids is 1. The van der Waals surface area contributed by atoms with Crippen LogP contribution in [0.4, 0.5) is 0 Å². The van der Waals surface area contributed by atoms with Crippen molar-refractivity contribution in [2.24, 2.45) is 5.92 Å². The minimum atomic E-state index is -4.05. The summed E-state index contributed by atoms with van der Waals surface area (Å²) < 4.78 is 28.1. The molecular formula is C25H23NO3S. The van der Waals surface area contributed by atoms with Crippen LogP contribution in [0, 0.1) is 12.8 Å². The Morgan fingerprint density at radius 3 is 1.97 bits per heavy atom. The van der Waals surface area contributed by atoms with Gasteiger partial charge >= 0.3 is 0 Å². The van der Waals surface area contributed by atoms with E-state index in [4.69, 9.17) is 0 Å². The van der Waals surface area contributed by atoms with Gasteiger partial charge in [0.2, 0.25) is 5.91 Å². The number of carbonyl (C=O) groups is 1. The highest BCUT2D eigenvalue weighted by molar-refractivity contribution is 7.90. The van der Waals surface area contributed by atoms with Crippen LogP contribution in [0.1, 0.15) is 29.5 Å². The van der Waals surface area contributed by atoms with E-state index in [1.54, 1.807) is 31.2 Å². The third kappa shape index (κ3) is 3.57. The molecule has 0 unspecified atom stereocenters. The number of rotatable bonds is 4. The lowest BCUT2D eigenvalue weighted by Crippen LogP contribution is -2.43. The van der Waals surface area contributed by atoms with Gasteiger partial charge in [0.25, 0.3) is 10.0 Å². The summed E-state index contributed by atoms with van der Waals surface area (Å²) in [6.07, 6.45) is 1.91. The molecule has 0 spiro atoms. The summed E-state index contributed by atoms with van der Waals surface area (Å²) in [5.74, 6) is -1.15. The van der Waals surface area contributed by atoms with E-state index in [9.17, 15) is 13.2 Å². The predicted octanol–water partition coefficient (Wildman–Crippen LogP) is 4.99. The van der Waals surface area contributed by atoms with Gasteiger partial charge in [-0.2, -0.15) is 0 Å². The number of hydrogen-bond donors (Lipinski definition) is 0. The molecule has 3 aromatic carbocycles. The van der Waals surface area contributed by atoms with E-state index >= 15 is 0 Å². The number of sulfonamides is 1. The standard InChI is InChI=1S/C25H23NO3S/c1-18-13-15-22(16-14-18)30(28,29)26-24(21-11-7-4-8-12-21)17-23(19(2)25(26)27)20-9-5-3-6-10-20/h3-17,19,23H,1-2H3/t19-,23+/m1/s1. The van der Waals surface area contributed by atoms with Crippen molar-refractivity contribution in [2.75, 3.05) is 0 Å². The van der Waals surface area contributed by atoms with E-state index in [1.807, 2.05) is 73.7 Å². The van der Waals surface area contributed by atoms with Crippen molar-refractivity contribution in [3.8, 4) is 0 Å². The van der Waals surface area contributed by atoms with Crippen molar-refractivity contribution >= 4 is 21.6 Å². The third-order valence-electron chi connectivity index (χ3n) is 5.50. The van der Waals surface area contributed by atoms with Crippen LogP contribution < -0.4 is 0 Å². The van der Waals surface area contributed by atoms with E-state index in [2.05, 4.69) is 0 Å². The average Bonchev–Trinajstić information content (AvgIpc) is 2.76. The second-order valence-electron chi connectivity index (χ2n) is 7.56. The second-order valence-corrected chi connectivity index (χ2v) is 9.35. The SMILES string of the molecule is Cc1ccc(S(=O)(=O)N2C(=O)[C@H](C)[C@@H](c3ccccc3)C=C2c2ccccc2)cc1. The van der Waals surface area contributed by atoms with Gasteiger partial charge in [-0.3, -0.25) is 4.79 Å². The van der Waals surface area contributed by atoms with Crippen LogP contribution >= 0.6 is 0 Å². The monoisotopic (exact) mass is 417 g/mol. The smallest absolute Gasteiger partial charge is 0.270 e. The molecule has 0 saturated heterocycles. The molecule has 4 nitrogen and oxygen atoms in total. The van der Waals surface area contributed by atoms with Crippen LogP contribution in [0.3, 0.4) is 0 Å². The molecule has 1 aliphatic rings. The lowest BCUT2D eigenvalue weighted by molar-refractivity contribution is -0.128. The molecule has 0 N–H and O–H groups in total. The molecule has 2 atom stereocenters. The molecule has 0 bridgehead atoms. The van der Waals surface area contributed by atoms with Crippen molar-refractivity contribution in [2.45, 2.75) is 24.7 Å². The van der Waals surface area contributed by atoms with Crippen molar-refractivity contribution in [3.63, 3.8) is 0 Å². The van der Waals surface area contributed by atoms with E-state index < -0.39 is 21.8 Å². The fraction of sp³-hybridized carbons (Fsp3) is 0.160. The normalized spacial score (nSPS) is 19.5. The Kier molecular flexibility index (Phi) is 5.31. The van der Waals surface area contributed by atoms with E-state index in [0.29, 0.717) is 11.3 Å². The Morgan fingerprint density at radius 1 is 0.800 bits per heavy atom. The first-order valence-corrected chi connectivity index (χ1v) is 11.3. The van der Waals surface area contributed by atoms with Crippen LogP contribution in [-0.2, 0) is 14.8 Å². The van der Waals surface area contributed by atoms with E-state index in [-0.39, 0.29) is 10.8 Å². The molecular weight excluding hydrogens is 394 g/mol. The van der Waals surface area contributed by atoms with Gasteiger partial charge in [0.15, 0.2) is 0 Å². The van der Waals surface area contributed by atoms with Crippen molar-refractivity contribution in [1.82, 2.24) is 4.31 Å². The number of allylic oxidation sites excluding steroid dienone is 1. The first-order chi connectivity index (χ1) is 14.4. The summed E-state index contributed by atoms with van der Waals surface area (Å²) >= 11 is 0. The van der Waals surface area contributed by atoms with Crippen LogP contribution in [0.2, 0.25) is 0 Å². The van der Waals surface area contributed by atoms with E-state index in [1.165, 1.54) is 0 Å². The molecule has 0 radical (unpaired) electrons. The highest BCUT2D eigenvalue weighted by atomic mass is 32.2. The molecule has 1 aliphatic heterocycles. The summed E-state index contributed by atoms with van der Waals surface area (Å²) in [5, 5.41) is 0. The summed E-state index contributed by atoms with van der Waals surface area (Å²) in [6, 6.07) is 25.5. The summed E-state index contributed by atoms with van der Waals surface area (Å²) in [4.78, 5) is 13.6. The maximum atomic E-state index is 13.5. The molecule has 0 aliphatic carbocycles. The van der Waals surface area contributed by atoms with Crippen LogP contribution in [0.5, 0.6) is 0 Å². The Labute approximate surface area is 177 Å². The quantitative estimate of drug-likeness (QED) is 0.601. The molecule has 5 heteroatoms. The third-order valence-corrected chi connectivity index (χ3v) is 7.22. The molecule has 1 heterocycles. The predicted molar refractivity (Wildman–Crippen MR) is 118 cm³/mol. The van der Waals surface area contributed by atoms with Gasteiger partial charge in [-0.25, -0.2) is 12.7 Å². The van der Waals surface area contributed by atoms with Gasteiger partial charge in [-0.1, -0.05) is 91.4 Å². The van der Waals surface area contributed by atoms with Crippen LogP contribution in [-0.4, -0.2) is 18.6 Å². The minimum absolute atomic E-state index is 0.105. The first kappa shape index (κ1) is 20.1. The maximum absolute atomic E-state index is 13.5. The molecule has 152 valence electrons. The fourth-order valence-electron chi connectivity index (χ4n) is 3.79. The summed E-state index contributed by atoms with van der Waals surface area (Å²) in [7, 11) is -4.05. The fourth-order valence-corrected chi connectivity index (χ4v) is 5.30. The van der Waals surface area contributed by atoms with Crippen LogP contribution in [0.15, 0.2) is 95.9 Å². The number of benzene rings is 3. The largest absolute Gasteiger partial charge is 0.273 e. The van der Waals surface area contributed by atoms with Crippen molar-refractivity contribution < 1.29 is 13.2 Å². The van der Waals surface area contributed by atoms with Gasteiger partial charge in [0.05, 0.1) is 10.6 Å². The molecule has 30 heavy (non-hydrogen) atoms. The topological polar surface area (TPSA) is 54.5 Å². The van der Waals surface area contributed by atoms with Gasteiger partial charge in [0.1, 0.15) is 0 Å². The zero-order chi connectivity index (χ0) is 21.3. The van der Waals surface area contributed by atoms with Gasteiger partial charge in [0, 0.05) is 11.8 Å². The second kappa shape index (κ2) is 7.92. The van der Waals surface area contributed by atoms with Crippen molar-refractivity contribution in [1.29, 1.82) is 0 Å². The molecule has 3 aromatic rings. The van der Waals surface area contributed by atoms with E-state index in [0.717, 1.165) is 15.4 Å².